The number of amides is 1. The van der Waals surface area contributed by atoms with Crippen molar-refractivity contribution >= 4 is 11.7 Å². The highest BCUT2D eigenvalue weighted by Crippen LogP contribution is 2.23. The van der Waals surface area contributed by atoms with Crippen LogP contribution in [0.2, 0.25) is 0 Å². The topological polar surface area (TPSA) is 64.6 Å². The maximum Gasteiger partial charge on any atom is 0.256 e. The van der Waals surface area contributed by atoms with Gasteiger partial charge in [0.05, 0.1) is 0 Å². The number of nitrogens with zero attached hydrogens (tertiary/aromatic N) is 5. The third-order valence-electron chi connectivity index (χ3n) is 6.33. The van der Waals surface area contributed by atoms with Gasteiger partial charge in [-0.05, 0) is 32.5 Å². The van der Waals surface area contributed by atoms with Crippen LogP contribution in [-0.4, -0.2) is 84.6 Å². The van der Waals surface area contributed by atoms with E-state index >= 15 is 0 Å². The number of likely N-dealkylation sites (N-methyl/N-ethyl adjacent to an activating group) is 1. The zero-order chi connectivity index (χ0) is 21.5. The van der Waals surface area contributed by atoms with E-state index in [9.17, 15) is 4.79 Å². The number of rotatable bonds is 7. The molecular formula is C24H34N6O. The molecular weight excluding hydrogens is 388 g/mol. The number of carbonyl (C=O) groups excluding carboxylic acids is 1. The average Bonchev–Trinajstić information content (AvgIpc) is 2.85. The van der Waals surface area contributed by atoms with E-state index < -0.39 is 0 Å². The fourth-order valence-electron chi connectivity index (χ4n) is 4.38. The minimum absolute atomic E-state index is 0.0791. The number of hydrogen-bond acceptors (Lipinski definition) is 6. The van der Waals surface area contributed by atoms with E-state index in [-0.39, 0.29) is 5.91 Å². The molecule has 0 unspecified atom stereocenters. The van der Waals surface area contributed by atoms with Gasteiger partial charge in [-0.15, -0.1) is 0 Å². The molecule has 2 saturated heterocycles. The van der Waals surface area contributed by atoms with Crippen LogP contribution in [0.1, 0.15) is 36.5 Å². The smallest absolute Gasteiger partial charge is 0.256 e. The lowest BCUT2D eigenvalue weighted by Gasteiger charge is -2.35. The predicted molar refractivity (Wildman–Crippen MR) is 124 cm³/mol. The minimum Gasteiger partial charge on any atom is -0.353 e. The largest absolute Gasteiger partial charge is 0.353 e. The lowest BCUT2D eigenvalue weighted by Crippen LogP contribution is -2.47. The molecule has 3 heterocycles. The van der Waals surface area contributed by atoms with E-state index in [0.29, 0.717) is 17.9 Å². The van der Waals surface area contributed by atoms with E-state index in [1.807, 2.05) is 30.3 Å². The van der Waals surface area contributed by atoms with Crippen LogP contribution in [0, 0.1) is 0 Å². The molecule has 1 amide bonds. The van der Waals surface area contributed by atoms with Gasteiger partial charge in [0.2, 0.25) is 0 Å². The van der Waals surface area contributed by atoms with Crippen molar-refractivity contribution in [2.45, 2.75) is 26.2 Å². The first-order valence-electron chi connectivity index (χ1n) is 11.6. The van der Waals surface area contributed by atoms with Crippen molar-refractivity contribution in [3.05, 3.63) is 42.1 Å². The molecule has 0 radical (unpaired) electrons. The van der Waals surface area contributed by atoms with Crippen LogP contribution in [-0.2, 0) is 0 Å². The molecule has 1 aromatic carbocycles. The number of piperidine rings is 1. The Hall–Kier alpha value is -2.51. The lowest BCUT2D eigenvalue weighted by molar-refractivity contribution is 0.0946. The number of aromatic nitrogens is 2. The summed E-state index contributed by atoms with van der Waals surface area (Å²) in [5.41, 5.74) is 1.54. The van der Waals surface area contributed by atoms with Gasteiger partial charge in [0.25, 0.3) is 5.91 Å². The van der Waals surface area contributed by atoms with E-state index in [0.717, 1.165) is 63.7 Å². The number of anilines is 1. The van der Waals surface area contributed by atoms with Crippen molar-refractivity contribution in [1.82, 2.24) is 25.1 Å². The van der Waals surface area contributed by atoms with Crippen molar-refractivity contribution in [3.63, 3.8) is 0 Å². The van der Waals surface area contributed by atoms with Crippen molar-refractivity contribution in [3.8, 4) is 11.4 Å². The summed E-state index contributed by atoms with van der Waals surface area (Å²) in [5.74, 6) is 1.34. The van der Waals surface area contributed by atoms with Crippen molar-refractivity contribution in [2.75, 3.05) is 63.8 Å². The fourth-order valence-corrected chi connectivity index (χ4v) is 4.38. The number of benzene rings is 1. The van der Waals surface area contributed by atoms with Gasteiger partial charge in [-0.2, -0.15) is 0 Å². The molecule has 0 atom stereocenters. The Bertz CT molecular complexity index is 844. The van der Waals surface area contributed by atoms with E-state index in [4.69, 9.17) is 4.98 Å². The molecule has 0 saturated carbocycles. The van der Waals surface area contributed by atoms with Crippen LogP contribution >= 0.6 is 0 Å². The molecule has 1 aromatic heterocycles. The average molecular weight is 423 g/mol. The second-order valence-corrected chi connectivity index (χ2v) is 8.38. The Labute approximate surface area is 185 Å². The molecule has 2 fully saturated rings. The number of piperazine rings is 1. The summed E-state index contributed by atoms with van der Waals surface area (Å²) < 4.78 is 0. The van der Waals surface area contributed by atoms with Gasteiger partial charge < -0.3 is 20.0 Å². The van der Waals surface area contributed by atoms with E-state index in [2.05, 4.69) is 31.9 Å². The van der Waals surface area contributed by atoms with Crippen LogP contribution in [0.3, 0.4) is 0 Å². The number of likely N-dealkylation sites (tertiary alicyclic amines) is 1. The number of nitrogens with one attached hydrogen (secondary N) is 1. The van der Waals surface area contributed by atoms with E-state index in [1.54, 1.807) is 6.20 Å². The van der Waals surface area contributed by atoms with Crippen LogP contribution < -0.4 is 10.2 Å². The standard InChI is InChI=1S/C24H34N6O/c1-2-28-15-17-30(18-16-28)23-21(19-26-22(27-23)20-9-5-3-6-10-20)24(31)25-11-14-29-12-7-4-8-13-29/h3,5-6,9-10,19H,2,4,7-8,11-18H2,1H3,(H,25,31). The third kappa shape index (κ3) is 5.60. The van der Waals surface area contributed by atoms with Crippen LogP contribution in [0.25, 0.3) is 11.4 Å². The summed E-state index contributed by atoms with van der Waals surface area (Å²) >= 11 is 0. The summed E-state index contributed by atoms with van der Waals surface area (Å²) in [6, 6.07) is 9.97. The molecule has 2 aromatic rings. The first-order chi connectivity index (χ1) is 15.2. The molecule has 2 aliphatic heterocycles. The van der Waals surface area contributed by atoms with Gasteiger partial charge in [-0.3, -0.25) is 4.79 Å². The van der Waals surface area contributed by atoms with Crippen LogP contribution in [0.15, 0.2) is 36.5 Å². The van der Waals surface area contributed by atoms with Crippen LogP contribution in [0.5, 0.6) is 0 Å². The molecule has 0 spiro atoms. The minimum atomic E-state index is -0.0791. The number of hydrogen-bond donors (Lipinski definition) is 1. The SMILES string of the molecule is CCN1CCN(c2nc(-c3ccccc3)ncc2C(=O)NCCN2CCCCC2)CC1. The zero-order valence-corrected chi connectivity index (χ0v) is 18.6. The molecule has 7 nitrogen and oxygen atoms in total. The van der Waals surface area contributed by atoms with Crippen molar-refractivity contribution < 1.29 is 4.79 Å². The third-order valence-corrected chi connectivity index (χ3v) is 6.33. The molecule has 7 heteroatoms. The second kappa shape index (κ2) is 10.7. The monoisotopic (exact) mass is 422 g/mol. The maximum atomic E-state index is 13.1. The molecule has 0 bridgehead atoms. The molecule has 1 N–H and O–H groups in total. The van der Waals surface area contributed by atoms with Gasteiger partial charge in [0.1, 0.15) is 11.4 Å². The number of carbonyl (C=O) groups is 1. The Kier molecular flexibility index (Phi) is 7.48. The Morgan fingerprint density at radius 1 is 0.968 bits per heavy atom. The summed E-state index contributed by atoms with van der Waals surface area (Å²) in [5, 5.41) is 3.11. The van der Waals surface area contributed by atoms with Gasteiger partial charge in [-0.1, -0.05) is 43.7 Å². The normalized spacial score (nSPS) is 18.2. The Balaban J connectivity index is 1.50. The van der Waals surface area contributed by atoms with E-state index in [1.165, 1.54) is 19.3 Å². The van der Waals surface area contributed by atoms with Gasteiger partial charge in [-0.25, -0.2) is 9.97 Å². The van der Waals surface area contributed by atoms with Gasteiger partial charge in [0, 0.05) is 51.0 Å². The van der Waals surface area contributed by atoms with Crippen LogP contribution in [0.4, 0.5) is 5.82 Å². The highest BCUT2D eigenvalue weighted by atomic mass is 16.1. The highest BCUT2D eigenvalue weighted by Gasteiger charge is 2.24. The molecule has 4 rings (SSSR count). The highest BCUT2D eigenvalue weighted by molar-refractivity contribution is 5.99. The van der Waals surface area contributed by atoms with Gasteiger partial charge in [0.15, 0.2) is 5.82 Å². The summed E-state index contributed by atoms with van der Waals surface area (Å²) in [4.78, 5) is 29.6. The van der Waals surface area contributed by atoms with Crippen molar-refractivity contribution in [1.29, 1.82) is 0 Å². The zero-order valence-electron chi connectivity index (χ0n) is 18.6. The maximum absolute atomic E-state index is 13.1. The van der Waals surface area contributed by atoms with Crippen molar-refractivity contribution in [2.24, 2.45) is 0 Å². The summed E-state index contributed by atoms with van der Waals surface area (Å²) in [6.07, 6.45) is 5.54. The Morgan fingerprint density at radius 2 is 1.71 bits per heavy atom. The second-order valence-electron chi connectivity index (χ2n) is 8.38. The summed E-state index contributed by atoms with van der Waals surface area (Å²) in [6.45, 7) is 10.8. The molecule has 2 aliphatic rings. The first-order valence-corrected chi connectivity index (χ1v) is 11.6. The summed E-state index contributed by atoms with van der Waals surface area (Å²) in [7, 11) is 0. The molecule has 31 heavy (non-hydrogen) atoms. The molecule has 0 aliphatic carbocycles. The van der Waals surface area contributed by atoms with Gasteiger partial charge >= 0.3 is 0 Å². The Morgan fingerprint density at radius 3 is 2.42 bits per heavy atom. The lowest BCUT2D eigenvalue weighted by atomic mass is 10.1. The first kappa shape index (κ1) is 21.7. The molecule has 166 valence electrons. The quantitative estimate of drug-likeness (QED) is 0.740. The predicted octanol–water partition coefficient (Wildman–Crippen LogP) is 2.50. The fraction of sp³-hybridized carbons (Fsp3) is 0.542.